The van der Waals surface area contributed by atoms with Crippen LogP contribution in [0.3, 0.4) is 0 Å². The van der Waals surface area contributed by atoms with E-state index in [1.165, 1.54) is 5.56 Å². The zero-order valence-corrected chi connectivity index (χ0v) is 10.2. The van der Waals surface area contributed by atoms with E-state index >= 15 is 0 Å². The molecule has 2 nitrogen and oxygen atoms in total. The molecule has 1 saturated carbocycles. The average Bonchev–Trinajstić information content (AvgIpc) is 2.65. The molecule has 1 aliphatic rings. The Morgan fingerprint density at radius 2 is 2.00 bits per heavy atom. The summed E-state index contributed by atoms with van der Waals surface area (Å²) in [4.78, 5) is 0. The minimum absolute atomic E-state index is 0.185. The second-order valence-electron chi connectivity index (χ2n) is 4.54. The Hall–Kier alpha value is -0.570. The van der Waals surface area contributed by atoms with Gasteiger partial charge in [-0.05, 0) is 43.9 Å². The number of hydrogen-bond acceptors (Lipinski definition) is 2. The van der Waals surface area contributed by atoms with Crippen molar-refractivity contribution in [3.8, 4) is 0 Å². The van der Waals surface area contributed by atoms with E-state index in [4.69, 9.17) is 11.6 Å². The summed E-state index contributed by atoms with van der Waals surface area (Å²) in [6.07, 6.45) is 2.92. The molecular weight excluding hydrogens is 222 g/mol. The fourth-order valence-electron chi connectivity index (χ4n) is 2.30. The minimum Gasteiger partial charge on any atom is -0.392 e. The van der Waals surface area contributed by atoms with Gasteiger partial charge in [0.15, 0.2) is 0 Å². The van der Waals surface area contributed by atoms with Gasteiger partial charge in [0, 0.05) is 17.1 Å². The Kier molecular flexibility index (Phi) is 3.85. The van der Waals surface area contributed by atoms with Crippen molar-refractivity contribution in [1.82, 2.24) is 5.32 Å². The van der Waals surface area contributed by atoms with Crippen molar-refractivity contribution in [2.24, 2.45) is 0 Å². The normalized spacial score (nSPS) is 26.9. The highest BCUT2D eigenvalue weighted by molar-refractivity contribution is 6.30. The molecule has 3 heteroatoms. The maximum atomic E-state index is 9.75. The van der Waals surface area contributed by atoms with Gasteiger partial charge in [-0.3, -0.25) is 0 Å². The molecule has 0 aliphatic heterocycles. The highest BCUT2D eigenvalue weighted by Crippen LogP contribution is 2.23. The summed E-state index contributed by atoms with van der Waals surface area (Å²) in [5.74, 6) is 0. The molecule has 1 fully saturated rings. The molecule has 3 atom stereocenters. The van der Waals surface area contributed by atoms with Gasteiger partial charge in [-0.25, -0.2) is 0 Å². The topological polar surface area (TPSA) is 32.3 Å². The highest BCUT2D eigenvalue weighted by Gasteiger charge is 2.26. The van der Waals surface area contributed by atoms with E-state index in [1.54, 1.807) is 0 Å². The molecule has 2 N–H and O–H groups in total. The molecule has 0 amide bonds. The predicted molar refractivity (Wildman–Crippen MR) is 66.6 cm³/mol. The average molecular weight is 240 g/mol. The minimum atomic E-state index is -0.185. The van der Waals surface area contributed by atoms with Crippen LogP contribution in [0.5, 0.6) is 0 Å². The Bertz CT molecular complexity index is 338. The van der Waals surface area contributed by atoms with Gasteiger partial charge < -0.3 is 10.4 Å². The molecule has 88 valence electrons. The zero-order valence-electron chi connectivity index (χ0n) is 9.49. The summed E-state index contributed by atoms with van der Waals surface area (Å²) in [5, 5.41) is 14.0. The first kappa shape index (κ1) is 11.9. The van der Waals surface area contributed by atoms with Crippen molar-refractivity contribution in [2.45, 2.75) is 44.4 Å². The van der Waals surface area contributed by atoms with Crippen LogP contribution in [0.15, 0.2) is 24.3 Å². The summed E-state index contributed by atoms with van der Waals surface area (Å²) < 4.78 is 0. The molecule has 0 aromatic heterocycles. The van der Waals surface area contributed by atoms with Gasteiger partial charge in [0.25, 0.3) is 0 Å². The van der Waals surface area contributed by atoms with E-state index < -0.39 is 0 Å². The molecule has 2 unspecified atom stereocenters. The van der Waals surface area contributed by atoms with Crippen LogP contribution in [-0.4, -0.2) is 17.3 Å². The third-order valence-corrected chi connectivity index (χ3v) is 3.57. The van der Waals surface area contributed by atoms with Crippen LogP contribution in [0.25, 0.3) is 0 Å². The molecule has 16 heavy (non-hydrogen) atoms. The second kappa shape index (κ2) is 5.17. The first-order valence-corrected chi connectivity index (χ1v) is 6.24. The van der Waals surface area contributed by atoms with Crippen molar-refractivity contribution < 1.29 is 5.11 Å². The lowest BCUT2D eigenvalue weighted by atomic mass is 10.1. The van der Waals surface area contributed by atoms with E-state index in [2.05, 4.69) is 12.2 Å². The van der Waals surface area contributed by atoms with Crippen molar-refractivity contribution >= 4 is 11.6 Å². The summed E-state index contributed by atoms with van der Waals surface area (Å²) >= 11 is 5.85. The van der Waals surface area contributed by atoms with Crippen molar-refractivity contribution in [1.29, 1.82) is 0 Å². The number of aliphatic hydroxyl groups is 1. The number of nitrogens with one attached hydrogen (secondary N) is 1. The SMILES string of the molecule is C[C@H](NC1CCCC1O)c1ccc(Cl)cc1. The van der Waals surface area contributed by atoms with E-state index in [0.29, 0.717) is 0 Å². The maximum absolute atomic E-state index is 9.75. The number of benzene rings is 1. The van der Waals surface area contributed by atoms with Crippen LogP contribution >= 0.6 is 11.6 Å². The summed E-state index contributed by atoms with van der Waals surface area (Å²) in [7, 11) is 0. The fourth-order valence-corrected chi connectivity index (χ4v) is 2.43. The van der Waals surface area contributed by atoms with Crippen LogP contribution < -0.4 is 5.32 Å². The van der Waals surface area contributed by atoms with Crippen molar-refractivity contribution in [3.63, 3.8) is 0 Å². The van der Waals surface area contributed by atoms with Gasteiger partial charge in [-0.15, -0.1) is 0 Å². The zero-order chi connectivity index (χ0) is 11.5. The maximum Gasteiger partial charge on any atom is 0.0693 e. The molecule has 0 radical (unpaired) electrons. The molecule has 0 bridgehead atoms. The Balaban J connectivity index is 1.97. The summed E-state index contributed by atoms with van der Waals surface area (Å²) in [5.41, 5.74) is 1.21. The second-order valence-corrected chi connectivity index (χ2v) is 4.98. The van der Waals surface area contributed by atoms with Crippen LogP contribution in [0, 0.1) is 0 Å². The van der Waals surface area contributed by atoms with Crippen LogP contribution in [0.4, 0.5) is 0 Å². The molecular formula is C13H18ClNO. The molecule has 0 saturated heterocycles. The third-order valence-electron chi connectivity index (χ3n) is 3.31. The molecule has 0 spiro atoms. The van der Waals surface area contributed by atoms with Gasteiger partial charge in [-0.1, -0.05) is 23.7 Å². The van der Waals surface area contributed by atoms with Gasteiger partial charge >= 0.3 is 0 Å². The van der Waals surface area contributed by atoms with Gasteiger partial charge in [0.05, 0.1) is 6.10 Å². The predicted octanol–water partition coefficient (Wildman–Crippen LogP) is 2.90. The molecule has 2 rings (SSSR count). The quantitative estimate of drug-likeness (QED) is 0.850. The standard InChI is InChI=1S/C13H18ClNO/c1-9(10-5-7-11(14)8-6-10)15-12-3-2-4-13(12)16/h5-9,12-13,15-16H,2-4H2,1H3/t9-,12?,13?/m0/s1. The highest BCUT2D eigenvalue weighted by atomic mass is 35.5. The Morgan fingerprint density at radius 3 is 2.56 bits per heavy atom. The fraction of sp³-hybridized carbons (Fsp3) is 0.538. The van der Waals surface area contributed by atoms with Gasteiger partial charge in [0.1, 0.15) is 0 Å². The van der Waals surface area contributed by atoms with E-state index in [1.807, 2.05) is 24.3 Å². The summed E-state index contributed by atoms with van der Waals surface area (Å²) in [6.45, 7) is 2.12. The lowest BCUT2D eigenvalue weighted by molar-refractivity contribution is 0.144. The molecule has 0 heterocycles. The van der Waals surface area contributed by atoms with Crippen molar-refractivity contribution in [3.05, 3.63) is 34.9 Å². The third kappa shape index (κ3) is 2.76. The Morgan fingerprint density at radius 1 is 1.31 bits per heavy atom. The van der Waals surface area contributed by atoms with E-state index in [0.717, 1.165) is 24.3 Å². The number of rotatable bonds is 3. The number of hydrogen-bond donors (Lipinski definition) is 2. The van der Waals surface area contributed by atoms with Gasteiger partial charge in [-0.2, -0.15) is 0 Å². The smallest absolute Gasteiger partial charge is 0.0693 e. The number of halogens is 1. The lowest BCUT2D eigenvalue weighted by Gasteiger charge is -2.22. The Labute approximate surface area is 102 Å². The lowest BCUT2D eigenvalue weighted by Crippen LogP contribution is -2.37. The molecule has 1 aromatic carbocycles. The molecule has 1 aliphatic carbocycles. The van der Waals surface area contributed by atoms with Gasteiger partial charge in [0.2, 0.25) is 0 Å². The molecule has 1 aromatic rings. The summed E-state index contributed by atoms with van der Waals surface area (Å²) in [6, 6.07) is 8.36. The van der Waals surface area contributed by atoms with Crippen LogP contribution in [-0.2, 0) is 0 Å². The first-order valence-electron chi connectivity index (χ1n) is 5.86. The largest absolute Gasteiger partial charge is 0.392 e. The van der Waals surface area contributed by atoms with Crippen LogP contribution in [0.1, 0.15) is 37.8 Å². The van der Waals surface area contributed by atoms with Crippen molar-refractivity contribution in [2.75, 3.05) is 0 Å². The first-order chi connectivity index (χ1) is 7.66. The monoisotopic (exact) mass is 239 g/mol. The van der Waals surface area contributed by atoms with E-state index in [9.17, 15) is 5.11 Å². The van der Waals surface area contributed by atoms with Crippen LogP contribution in [0.2, 0.25) is 5.02 Å². The number of aliphatic hydroxyl groups excluding tert-OH is 1. The van der Waals surface area contributed by atoms with E-state index in [-0.39, 0.29) is 18.2 Å².